The van der Waals surface area contributed by atoms with E-state index >= 15 is 0 Å². The SMILES string of the molecule is COc1ccc(OCC(O)CN2CCN(Cc3nc(C(=O)NCc4cccc(C(F)(F)F)c4)co3)CC2)cc1. The highest BCUT2D eigenvalue weighted by molar-refractivity contribution is 5.91. The molecule has 4 rings (SSSR count). The van der Waals surface area contributed by atoms with Crippen LogP contribution in [0.15, 0.2) is 59.2 Å². The molecule has 39 heavy (non-hydrogen) atoms. The molecule has 12 heteroatoms. The highest BCUT2D eigenvalue weighted by Gasteiger charge is 2.30. The van der Waals surface area contributed by atoms with Crippen LogP contribution in [0.3, 0.4) is 0 Å². The molecule has 0 radical (unpaired) electrons. The van der Waals surface area contributed by atoms with Crippen molar-refractivity contribution < 1.29 is 37.0 Å². The Morgan fingerprint density at radius 3 is 2.49 bits per heavy atom. The van der Waals surface area contributed by atoms with Crippen LogP contribution in [0.25, 0.3) is 0 Å². The van der Waals surface area contributed by atoms with E-state index in [-0.39, 0.29) is 18.8 Å². The summed E-state index contributed by atoms with van der Waals surface area (Å²) in [5.41, 5.74) is -0.373. The highest BCUT2D eigenvalue weighted by Crippen LogP contribution is 2.29. The zero-order chi connectivity index (χ0) is 27.8. The molecule has 0 spiro atoms. The van der Waals surface area contributed by atoms with Crippen LogP contribution in [0.4, 0.5) is 13.2 Å². The monoisotopic (exact) mass is 548 g/mol. The molecule has 0 aliphatic carbocycles. The van der Waals surface area contributed by atoms with Gasteiger partial charge in [-0.15, -0.1) is 0 Å². The summed E-state index contributed by atoms with van der Waals surface area (Å²) in [6.45, 7) is 3.95. The number of carbonyl (C=O) groups is 1. The van der Waals surface area contributed by atoms with Gasteiger partial charge in [-0.05, 0) is 42.0 Å². The minimum absolute atomic E-state index is 0.0654. The number of methoxy groups -OCH3 is 1. The third kappa shape index (κ3) is 8.44. The van der Waals surface area contributed by atoms with E-state index in [0.717, 1.165) is 44.1 Å². The van der Waals surface area contributed by atoms with Crippen molar-refractivity contribution in [2.75, 3.05) is 46.4 Å². The molecule has 210 valence electrons. The Morgan fingerprint density at radius 2 is 1.79 bits per heavy atom. The molecule has 1 atom stereocenters. The van der Waals surface area contributed by atoms with E-state index < -0.39 is 23.8 Å². The number of halogens is 3. The molecule has 1 amide bonds. The van der Waals surface area contributed by atoms with Crippen molar-refractivity contribution in [3.8, 4) is 11.5 Å². The molecule has 2 heterocycles. The molecule has 2 aromatic carbocycles. The Bertz CT molecular complexity index is 1210. The number of aliphatic hydroxyl groups excluding tert-OH is 1. The molecule has 1 saturated heterocycles. The summed E-state index contributed by atoms with van der Waals surface area (Å²) in [7, 11) is 1.59. The molecule has 1 aliphatic rings. The number of hydrogen-bond donors (Lipinski definition) is 2. The van der Waals surface area contributed by atoms with Gasteiger partial charge in [-0.25, -0.2) is 4.98 Å². The van der Waals surface area contributed by atoms with Crippen molar-refractivity contribution in [1.82, 2.24) is 20.1 Å². The van der Waals surface area contributed by atoms with E-state index in [4.69, 9.17) is 13.9 Å². The lowest BCUT2D eigenvalue weighted by molar-refractivity contribution is -0.137. The zero-order valence-electron chi connectivity index (χ0n) is 21.5. The number of carbonyl (C=O) groups excluding carboxylic acids is 1. The zero-order valence-corrected chi connectivity index (χ0v) is 21.5. The predicted molar refractivity (Wildman–Crippen MR) is 135 cm³/mol. The number of benzene rings is 2. The Kier molecular flexibility index (Phi) is 9.44. The lowest BCUT2D eigenvalue weighted by Crippen LogP contribution is -2.48. The van der Waals surface area contributed by atoms with Gasteiger partial charge in [-0.3, -0.25) is 14.6 Å². The van der Waals surface area contributed by atoms with Crippen LogP contribution in [0.2, 0.25) is 0 Å². The molecule has 1 aliphatic heterocycles. The van der Waals surface area contributed by atoms with E-state index in [2.05, 4.69) is 20.1 Å². The Balaban J connectivity index is 1.16. The first kappa shape index (κ1) is 28.4. The molecule has 0 saturated carbocycles. The van der Waals surface area contributed by atoms with Crippen molar-refractivity contribution in [2.45, 2.75) is 25.4 Å². The molecular formula is C27H31F3N4O5. The van der Waals surface area contributed by atoms with Gasteiger partial charge < -0.3 is 24.3 Å². The Hall–Kier alpha value is -3.61. The summed E-state index contributed by atoms with van der Waals surface area (Å²) in [6, 6.07) is 12.0. The van der Waals surface area contributed by atoms with Crippen LogP contribution in [0.5, 0.6) is 11.5 Å². The largest absolute Gasteiger partial charge is 0.497 e. The summed E-state index contributed by atoms with van der Waals surface area (Å²) in [5, 5.41) is 12.9. The normalized spacial score (nSPS) is 15.6. The quantitative estimate of drug-likeness (QED) is 0.377. The highest BCUT2D eigenvalue weighted by atomic mass is 19.4. The van der Waals surface area contributed by atoms with Gasteiger partial charge in [0.15, 0.2) is 5.69 Å². The van der Waals surface area contributed by atoms with Crippen LogP contribution in [-0.4, -0.2) is 78.3 Å². The summed E-state index contributed by atoms with van der Waals surface area (Å²) in [5.74, 6) is 1.24. The smallest absolute Gasteiger partial charge is 0.416 e. The molecule has 1 aromatic heterocycles. The summed E-state index contributed by atoms with van der Waals surface area (Å²) in [4.78, 5) is 20.9. The summed E-state index contributed by atoms with van der Waals surface area (Å²) in [6.07, 6.45) is -3.84. The van der Waals surface area contributed by atoms with Gasteiger partial charge in [0.1, 0.15) is 30.5 Å². The number of rotatable bonds is 11. The number of aliphatic hydroxyl groups is 1. The summed E-state index contributed by atoms with van der Waals surface area (Å²) < 4.78 is 54.8. The van der Waals surface area contributed by atoms with Crippen molar-refractivity contribution in [3.63, 3.8) is 0 Å². The molecule has 2 N–H and O–H groups in total. The number of alkyl halides is 3. The fourth-order valence-electron chi connectivity index (χ4n) is 4.15. The molecular weight excluding hydrogens is 517 g/mol. The van der Waals surface area contributed by atoms with Gasteiger partial charge in [-0.1, -0.05) is 12.1 Å². The third-order valence-electron chi connectivity index (χ3n) is 6.29. The maximum Gasteiger partial charge on any atom is 0.416 e. The van der Waals surface area contributed by atoms with Crippen LogP contribution in [0, 0.1) is 0 Å². The first-order chi connectivity index (χ1) is 18.7. The molecule has 1 fully saturated rings. The van der Waals surface area contributed by atoms with E-state index in [0.29, 0.717) is 30.3 Å². The second-order valence-electron chi connectivity index (χ2n) is 9.22. The van der Waals surface area contributed by atoms with E-state index in [9.17, 15) is 23.1 Å². The summed E-state index contributed by atoms with van der Waals surface area (Å²) >= 11 is 0. The van der Waals surface area contributed by atoms with E-state index in [1.54, 1.807) is 31.4 Å². The first-order valence-electron chi connectivity index (χ1n) is 12.5. The van der Waals surface area contributed by atoms with Crippen molar-refractivity contribution in [2.24, 2.45) is 0 Å². The van der Waals surface area contributed by atoms with Gasteiger partial charge in [0.05, 0.1) is 19.2 Å². The maximum absolute atomic E-state index is 12.9. The first-order valence-corrected chi connectivity index (χ1v) is 12.5. The minimum Gasteiger partial charge on any atom is -0.497 e. The number of hydrogen-bond acceptors (Lipinski definition) is 8. The average Bonchev–Trinajstić information content (AvgIpc) is 3.40. The number of amides is 1. The number of ether oxygens (including phenoxy) is 2. The minimum atomic E-state index is -4.45. The van der Waals surface area contributed by atoms with E-state index in [1.165, 1.54) is 18.4 Å². The number of aromatic nitrogens is 1. The predicted octanol–water partition coefficient (Wildman–Crippen LogP) is 3.19. The van der Waals surface area contributed by atoms with Gasteiger partial charge in [-0.2, -0.15) is 13.2 Å². The van der Waals surface area contributed by atoms with Crippen molar-refractivity contribution in [3.05, 3.63) is 77.5 Å². The van der Waals surface area contributed by atoms with Crippen molar-refractivity contribution in [1.29, 1.82) is 0 Å². The topological polar surface area (TPSA) is 100 Å². The van der Waals surface area contributed by atoms with Gasteiger partial charge in [0, 0.05) is 39.3 Å². The molecule has 1 unspecified atom stereocenters. The van der Waals surface area contributed by atoms with Gasteiger partial charge >= 0.3 is 6.18 Å². The Morgan fingerprint density at radius 1 is 1.10 bits per heavy atom. The second kappa shape index (κ2) is 13.0. The number of piperazine rings is 1. The fourth-order valence-corrected chi connectivity index (χ4v) is 4.15. The standard InChI is InChI=1S/C27H31F3N4O5/c1-37-22-5-7-23(8-6-22)38-17-21(35)15-33-9-11-34(12-10-33)16-25-32-24(18-39-25)26(36)31-14-19-3-2-4-20(13-19)27(28,29)30/h2-8,13,18,21,35H,9-12,14-17H2,1H3,(H,31,36). The van der Waals surface area contributed by atoms with Crippen LogP contribution < -0.4 is 14.8 Å². The third-order valence-corrected chi connectivity index (χ3v) is 6.29. The van der Waals surface area contributed by atoms with Crippen LogP contribution in [0.1, 0.15) is 27.5 Å². The maximum atomic E-state index is 12.9. The lowest BCUT2D eigenvalue weighted by atomic mass is 10.1. The second-order valence-corrected chi connectivity index (χ2v) is 9.22. The van der Waals surface area contributed by atoms with Gasteiger partial charge in [0.25, 0.3) is 5.91 Å². The van der Waals surface area contributed by atoms with Crippen LogP contribution in [-0.2, 0) is 19.3 Å². The fraction of sp³-hybridized carbons (Fsp3) is 0.407. The Labute approximate surface area is 224 Å². The number of nitrogens with one attached hydrogen (secondary N) is 1. The number of oxazole rings is 1. The average molecular weight is 549 g/mol. The van der Waals surface area contributed by atoms with Crippen molar-refractivity contribution >= 4 is 5.91 Å². The lowest BCUT2D eigenvalue weighted by Gasteiger charge is -2.34. The molecule has 3 aromatic rings. The van der Waals surface area contributed by atoms with Gasteiger partial charge in [0.2, 0.25) is 5.89 Å². The van der Waals surface area contributed by atoms with E-state index in [1.807, 2.05) is 0 Å². The molecule has 0 bridgehead atoms. The number of nitrogens with zero attached hydrogens (tertiary/aromatic N) is 3. The van der Waals surface area contributed by atoms with Crippen LogP contribution >= 0.6 is 0 Å². The molecule has 9 nitrogen and oxygen atoms in total. The number of β-amino-alcohol motifs (C(OH)–C–C–N with tert-alkyl or cyclic N) is 1.